The van der Waals surface area contributed by atoms with Crippen molar-refractivity contribution >= 4 is 21.9 Å². The minimum Gasteiger partial charge on any atom is -0.490 e. The Hall–Kier alpha value is -1.53. The molecular formula is C18H24BrNO4. The molecule has 1 saturated heterocycles. The quantitative estimate of drug-likeness (QED) is 0.677. The Morgan fingerprint density at radius 3 is 2.83 bits per heavy atom. The first-order valence-corrected chi connectivity index (χ1v) is 8.83. The van der Waals surface area contributed by atoms with Gasteiger partial charge in [0.05, 0.1) is 16.5 Å². The minimum absolute atomic E-state index is 0.404. The average molecular weight is 398 g/mol. The Morgan fingerprint density at radius 1 is 1.50 bits per heavy atom. The fourth-order valence-corrected chi connectivity index (χ4v) is 3.49. The Kier molecular flexibility index (Phi) is 6.29. The van der Waals surface area contributed by atoms with Gasteiger partial charge in [-0.1, -0.05) is 12.7 Å². The molecule has 5 nitrogen and oxygen atoms in total. The fourth-order valence-electron chi connectivity index (χ4n) is 2.88. The van der Waals surface area contributed by atoms with E-state index < -0.39 is 11.4 Å². The van der Waals surface area contributed by atoms with Crippen LogP contribution >= 0.6 is 15.9 Å². The molecule has 24 heavy (non-hydrogen) atoms. The summed E-state index contributed by atoms with van der Waals surface area (Å²) in [6.45, 7) is 10.4. The fraction of sp³-hybridized carbons (Fsp3) is 0.500. The van der Waals surface area contributed by atoms with E-state index in [0.717, 1.165) is 16.6 Å². The molecular weight excluding hydrogens is 374 g/mol. The second-order valence-electron chi connectivity index (χ2n) is 6.26. The van der Waals surface area contributed by atoms with Gasteiger partial charge in [-0.15, -0.1) is 0 Å². The van der Waals surface area contributed by atoms with Gasteiger partial charge in [0.2, 0.25) is 0 Å². The van der Waals surface area contributed by atoms with Crippen LogP contribution < -0.4 is 9.47 Å². The molecule has 1 aromatic carbocycles. The summed E-state index contributed by atoms with van der Waals surface area (Å²) >= 11 is 3.54. The highest BCUT2D eigenvalue weighted by atomic mass is 79.9. The summed E-state index contributed by atoms with van der Waals surface area (Å²) in [4.78, 5) is 13.5. The molecule has 0 aromatic heterocycles. The minimum atomic E-state index is -0.727. The van der Waals surface area contributed by atoms with Gasteiger partial charge in [0, 0.05) is 13.1 Å². The van der Waals surface area contributed by atoms with Crippen molar-refractivity contribution in [2.75, 3.05) is 26.3 Å². The number of halogens is 1. The number of nitrogens with zero attached hydrogens (tertiary/aromatic N) is 1. The molecule has 1 heterocycles. The van der Waals surface area contributed by atoms with Gasteiger partial charge in [-0.3, -0.25) is 9.69 Å². The Balaban J connectivity index is 2.16. The second-order valence-corrected chi connectivity index (χ2v) is 7.12. The summed E-state index contributed by atoms with van der Waals surface area (Å²) in [5, 5.41) is 9.35. The normalized spacial score (nSPS) is 20.8. The molecule has 0 spiro atoms. The monoisotopic (exact) mass is 397 g/mol. The molecule has 1 fully saturated rings. The first kappa shape index (κ1) is 18.8. The lowest BCUT2D eigenvalue weighted by Gasteiger charge is -2.21. The van der Waals surface area contributed by atoms with Gasteiger partial charge in [0.25, 0.3) is 0 Å². The number of hydrogen-bond donors (Lipinski definition) is 1. The first-order valence-electron chi connectivity index (χ1n) is 8.04. The van der Waals surface area contributed by atoms with Crippen LogP contribution in [0.1, 0.15) is 25.8 Å². The summed E-state index contributed by atoms with van der Waals surface area (Å²) in [6, 6.07) is 3.96. The summed E-state index contributed by atoms with van der Waals surface area (Å²) < 4.78 is 12.2. The predicted octanol–water partition coefficient (Wildman–Crippen LogP) is 3.71. The van der Waals surface area contributed by atoms with Crippen molar-refractivity contribution in [2.45, 2.75) is 26.8 Å². The molecule has 1 aromatic rings. The molecule has 0 amide bonds. The number of carboxylic acid groups (broad SMARTS) is 1. The predicted molar refractivity (Wildman–Crippen MR) is 96.6 cm³/mol. The van der Waals surface area contributed by atoms with E-state index in [2.05, 4.69) is 27.4 Å². The SMILES string of the molecule is C=CCOc1c(Br)cc(CN2CCC(C)(C(=O)O)C2)cc1OCC. The van der Waals surface area contributed by atoms with E-state index in [1.807, 2.05) is 26.0 Å². The highest BCUT2D eigenvalue weighted by Crippen LogP contribution is 2.38. The molecule has 132 valence electrons. The number of rotatable bonds is 8. The van der Waals surface area contributed by atoms with Gasteiger partial charge in [-0.05, 0) is 60.4 Å². The third kappa shape index (κ3) is 4.30. The zero-order valence-electron chi connectivity index (χ0n) is 14.2. The number of benzene rings is 1. The van der Waals surface area contributed by atoms with E-state index >= 15 is 0 Å². The van der Waals surface area contributed by atoms with Gasteiger partial charge >= 0.3 is 5.97 Å². The van der Waals surface area contributed by atoms with E-state index in [1.165, 1.54) is 0 Å². The smallest absolute Gasteiger partial charge is 0.310 e. The van der Waals surface area contributed by atoms with Crippen LogP contribution in [0.5, 0.6) is 11.5 Å². The molecule has 1 atom stereocenters. The zero-order valence-corrected chi connectivity index (χ0v) is 15.8. The highest BCUT2D eigenvalue weighted by molar-refractivity contribution is 9.10. The standard InChI is InChI=1S/C18H24BrNO4/c1-4-8-24-16-14(19)9-13(10-15(16)23-5-2)11-20-7-6-18(3,12-20)17(21)22/h4,9-10H,1,5-8,11-12H2,2-3H3,(H,21,22). The van der Waals surface area contributed by atoms with Gasteiger partial charge in [0.1, 0.15) is 6.61 Å². The van der Waals surface area contributed by atoms with E-state index in [4.69, 9.17) is 9.47 Å². The van der Waals surface area contributed by atoms with E-state index in [-0.39, 0.29) is 0 Å². The summed E-state index contributed by atoms with van der Waals surface area (Å²) in [5.74, 6) is 0.621. The maximum absolute atomic E-state index is 11.4. The summed E-state index contributed by atoms with van der Waals surface area (Å²) in [5.41, 5.74) is 0.401. The van der Waals surface area contributed by atoms with Crippen LogP contribution in [0.15, 0.2) is 29.3 Å². The topological polar surface area (TPSA) is 59.0 Å². The molecule has 2 rings (SSSR count). The van der Waals surface area contributed by atoms with E-state index in [0.29, 0.717) is 44.2 Å². The van der Waals surface area contributed by atoms with E-state index in [1.54, 1.807) is 6.08 Å². The Labute approximate surface area is 151 Å². The van der Waals surface area contributed by atoms with Crippen LogP contribution in [0.4, 0.5) is 0 Å². The molecule has 0 saturated carbocycles. The molecule has 0 bridgehead atoms. The first-order chi connectivity index (χ1) is 11.4. The van der Waals surface area contributed by atoms with Crippen LogP contribution in [-0.4, -0.2) is 42.3 Å². The molecule has 1 aliphatic rings. The number of hydrogen-bond acceptors (Lipinski definition) is 4. The van der Waals surface area contributed by atoms with Crippen LogP contribution in [0.3, 0.4) is 0 Å². The number of aliphatic carboxylic acids is 1. The Bertz CT molecular complexity index is 619. The van der Waals surface area contributed by atoms with Crippen molar-refractivity contribution in [3.8, 4) is 11.5 Å². The maximum Gasteiger partial charge on any atom is 0.310 e. The molecule has 1 unspecified atom stereocenters. The average Bonchev–Trinajstić information content (AvgIpc) is 2.89. The number of carboxylic acids is 1. The van der Waals surface area contributed by atoms with Crippen LogP contribution in [0.2, 0.25) is 0 Å². The van der Waals surface area contributed by atoms with Crippen molar-refractivity contribution in [3.63, 3.8) is 0 Å². The van der Waals surface area contributed by atoms with Crippen molar-refractivity contribution in [1.29, 1.82) is 0 Å². The lowest BCUT2D eigenvalue weighted by molar-refractivity contribution is -0.147. The van der Waals surface area contributed by atoms with Crippen molar-refractivity contribution in [3.05, 3.63) is 34.8 Å². The highest BCUT2D eigenvalue weighted by Gasteiger charge is 2.40. The lowest BCUT2D eigenvalue weighted by atomic mass is 9.90. The van der Waals surface area contributed by atoms with Gasteiger partial charge in [-0.2, -0.15) is 0 Å². The number of carbonyl (C=O) groups is 1. The maximum atomic E-state index is 11.4. The molecule has 6 heteroatoms. The van der Waals surface area contributed by atoms with Crippen molar-refractivity contribution < 1.29 is 19.4 Å². The van der Waals surface area contributed by atoms with Crippen molar-refractivity contribution in [1.82, 2.24) is 4.90 Å². The zero-order chi connectivity index (χ0) is 17.7. The molecule has 1 aliphatic heterocycles. The third-order valence-electron chi connectivity index (χ3n) is 4.19. The number of ether oxygens (including phenoxy) is 2. The van der Waals surface area contributed by atoms with Crippen LogP contribution in [-0.2, 0) is 11.3 Å². The lowest BCUT2D eigenvalue weighted by Crippen LogP contribution is -2.31. The second kappa shape index (κ2) is 8.03. The van der Waals surface area contributed by atoms with E-state index in [9.17, 15) is 9.90 Å². The molecule has 0 radical (unpaired) electrons. The summed E-state index contributed by atoms with van der Waals surface area (Å²) in [7, 11) is 0. The molecule has 1 N–H and O–H groups in total. The van der Waals surface area contributed by atoms with Crippen LogP contribution in [0.25, 0.3) is 0 Å². The van der Waals surface area contributed by atoms with Gasteiger partial charge < -0.3 is 14.6 Å². The van der Waals surface area contributed by atoms with Crippen LogP contribution in [0, 0.1) is 5.41 Å². The largest absolute Gasteiger partial charge is 0.490 e. The summed E-state index contributed by atoms with van der Waals surface area (Å²) in [6.07, 6.45) is 2.36. The van der Waals surface area contributed by atoms with Gasteiger partial charge in [-0.25, -0.2) is 0 Å². The van der Waals surface area contributed by atoms with Gasteiger partial charge in [0.15, 0.2) is 11.5 Å². The molecule has 0 aliphatic carbocycles. The van der Waals surface area contributed by atoms with Crippen molar-refractivity contribution in [2.24, 2.45) is 5.41 Å². The third-order valence-corrected chi connectivity index (χ3v) is 4.78. The number of likely N-dealkylation sites (tertiary alicyclic amines) is 1. The Morgan fingerprint density at radius 2 is 2.25 bits per heavy atom.